The van der Waals surface area contributed by atoms with Crippen molar-refractivity contribution < 1.29 is 23.4 Å². The number of hydrogen-bond acceptors (Lipinski definition) is 4. The Bertz CT molecular complexity index is 807. The molecule has 0 fully saturated rings. The molecule has 1 amide bonds. The number of halogens is 1. The third-order valence-corrected chi connectivity index (χ3v) is 4.59. The van der Waals surface area contributed by atoms with E-state index in [1.54, 1.807) is 6.92 Å². The lowest BCUT2D eigenvalue weighted by molar-refractivity contribution is -0.128. The Morgan fingerprint density at radius 2 is 1.71 bits per heavy atom. The van der Waals surface area contributed by atoms with Gasteiger partial charge in [0.15, 0.2) is 17.6 Å². The smallest absolute Gasteiger partial charge is 0.261 e. The third-order valence-electron chi connectivity index (χ3n) is 4.59. The highest BCUT2D eigenvalue weighted by atomic mass is 19.1. The number of carbonyl (C=O) groups excluding carboxylic acids is 1. The number of fused-ring (bicyclic) bond motifs is 1. The van der Waals surface area contributed by atoms with E-state index >= 15 is 0 Å². The van der Waals surface area contributed by atoms with Crippen LogP contribution in [0.2, 0.25) is 0 Å². The summed E-state index contributed by atoms with van der Waals surface area (Å²) in [6.45, 7) is 7.00. The molecule has 1 heterocycles. The van der Waals surface area contributed by atoms with E-state index in [1.165, 1.54) is 24.3 Å². The number of rotatable bonds is 6. The van der Waals surface area contributed by atoms with Gasteiger partial charge in [0.1, 0.15) is 11.6 Å². The molecule has 2 aromatic carbocycles. The summed E-state index contributed by atoms with van der Waals surface area (Å²) in [5.74, 6) is 1.44. The van der Waals surface area contributed by atoms with Crippen LogP contribution in [0.1, 0.15) is 38.8 Å². The summed E-state index contributed by atoms with van der Waals surface area (Å²) in [6.07, 6.45) is 0.124. The Morgan fingerprint density at radius 3 is 2.39 bits per heavy atom. The molecule has 0 unspecified atom stereocenters. The van der Waals surface area contributed by atoms with Crippen LogP contribution in [0, 0.1) is 11.7 Å². The van der Waals surface area contributed by atoms with Gasteiger partial charge in [-0.1, -0.05) is 19.9 Å². The fourth-order valence-electron chi connectivity index (χ4n) is 3.05. The topological polar surface area (TPSA) is 56.8 Å². The van der Waals surface area contributed by atoms with E-state index in [4.69, 9.17) is 14.2 Å². The van der Waals surface area contributed by atoms with Crippen molar-refractivity contribution in [1.29, 1.82) is 0 Å². The van der Waals surface area contributed by atoms with Crippen molar-refractivity contribution in [2.45, 2.75) is 39.3 Å². The number of hydrogen-bond donors (Lipinski definition) is 1. The standard InChI is InChI=1S/C22H26FNO4/c1-14(2)21(16-5-10-19-20(13-16)27-12-4-11-26-19)24-22(25)15(3)28-18-8-6-17(23)7-9-18/h5-10,13-15,21H,4,11-12H2,1-3H3,(H,24,25)/t15-,21-/m1/s1. The van der Waals surface area contributed by atoms with Gasteiger partial charge in [-0.3, -0.25) is 4.79 Å². The maximum absolute atomic E-state index is 13.0. The molecule has 1 N–H and O–H groups in total. The molecule has 0 saturated carbocycles. The summed E-state index contributed by atoms with van der Waals surface area (Å²) < 4.78 is 30.1. The summed E-state index contributed by atoms with van der Waals surface area (Å²) in [5, 5.41) is 3.05. The SMILES string of the molecule is CC(C)[C@@H](NC(=O)[C@@H](C)Oc1ccc(F)cc1)c1ccc2c(c1)OCCCO2. The Morgan fingerprint density at radius 1 is 1.04 bits per heavy atom. The van der Waals surface area contributed by atoms with Crippen LogP contribution in [-0.2, 0) is 4.79 Å². The van der Waals surface area contributed by atoms with E-state index in [0.717, 1.165) is 17.7 Å². The van der Waals surface area contributed by atoms with E-state index in [0.29, 0.717) is 24.7 Å². The molecule has 3 rings (SSSR count). The third kappa shape index (κ3) is 4.94. The Hall–Kier alpha value is -2.76. The molecule has 2 atom stereocenters. The van der Waals surface area contributed by atoms with E-state index in [1.807, 2.05) is 32.0 Å². The van der Waals surface area contributed by atoms with E-state index < -0.39 is 6.10 Å². The molecule has 0 radical (unpaired) electrons. The number of nitrogens with one attached hydrogen (secondary N) is 1. The summed E-state index contributed by atoms with van der Waals surface area (Å²) in [6, 6.07) is 11.2. The summed E-state index contributed by atoms with van der Waals surface area (Å²) >= 11 is 0. The lowest BCUT2D eigenvalue weighted by Crippen LogP contribution is -2.40. The molecule has 0 bridgehead atoms. The molecule has 1 aliphatic rings. The average molecular weight is 387 g/mol. The summed E-state index contributed by atoms with van der Waals surface area (Å²) in [7, 11) is 0. The Labute approximate surface area is 164 Å². The van der Waals surface area contributed by atoms with E-state index in [9.17, 15) is 9.18 Å². The lowest BCUT2D eigenvalue weighted by Gasteiger charge is -2.25. The van der Waals surface area contributed by atoms with Gasteiger partial charge in [0.05, 0.1) is 19.3 Å². The molecule has 0 saturated heterocycles. The molecule has 0 aliphatic carbocycles. The number of benzene rings is 2. The fraction of sp³-hybridized carbons (Fsp3) is 0.409. The first kappa shape index (κ1) is 20.0. The average Bonchev–Trinajstić information content (AvgIpc) is 2.92. The van der Waals surface area contributed by atoms with Gasteiger partial charge in [-0.15, -0.1) is 0 Å². The first-order valence-corrected chi connectivity index (χ1v) is 9.56. The van der Waals surface area contributed by atoms with Crippen LogP contribution in [0.3, 0.4) is 0 Å². The second-order valence-electron chi connectivity index (χ2n) is 7.20. The van der Waals surface area contributed by atoms with Gasteiger partial charge in [0, 0.05) is 6.42 Å². The second kappa shape index (κ2) is 8.95. The maximum atomic E-state index is 13.0. The molecular formula is C22H26FNO4. The molecule has 6 heteroatoms. The largest absolute Gasteiger partial charge is 0.490 e. The Kier molecular flexibility index (Phi) is 6.39. The lowest BCUT2D eigenvalue weighted by atomic mass is 9.95. The van der Waals surface area contributed by atoms with E-state index in [-0.39, 0.29) is 23.7 Å². The van der Waals surface area contributed by atoms with Crippen LogP contribution >= 0.6 is 0 Å². The van der Waals surface area contributed by atoms with Crippen LogP contribution in [0.4, 0.5) is 4.39 Å². The maximum Gasteiger partial charge on any atom is 0.261 e. The predicted octanol–water partition coefficient (Wildman–Crippen LogP) is 4.27. The minimum absolute atomic E-state index is 0.159. The highest BCUT2D eigenvalue weighted by molar-refractivity contribution is 5.81. The predicted molar refractivity (Wildman–Crippen MR) is 104 cm³/mol. The van der Waals surface area contributed by atoms with Gasteiger partial charge < -0.3 is 19.5 Å². The molecule has 2 aromatic rings. The minimum atomic E-state index is -0.716. The van der Waals surface area contributed by atoms with Crippen LogP contribution in [0.5, 0.6) is 17.2 Å². The van der Waals surface area contributed by atoms with Crippen LogP contribution in [-0.4, -0.2) is 25.2 Å². The zero-order valence-electron chi connectivity index (χ0n) is 16.4. The van der Waals surface area contributed by atoms with Crippen molar-refractivity contribution in [3.8, 4) is 17.2 Å². The van der Waals surface area contributed by atoms with Crippen molar-refractivity contribution in [2.24, 2.45) is 5.92 Å². The van der Waals surface area contributed by atoms with Crippen molar-refractivity contribution in [2.75, 3.05) is 13.2 Å². The highest BCUT2D eigenvalue weighted by Crippen LogP contribution is 2.34. The van der Waals surface area contributed by atoms with Crippen LogP contribution < -0.4 is 19.5 Å². The molecule has 150 valence electrons. The molecule has 28 heavy (non-hydrogen) atoms. The first-order chi connectivity index (χ1) is 13.4. The summed E-state index contributed by atoms with van der Waals surface area (Å²) in [4.78, 5) is 12.7. The minimum Gasteiger partial charge on any atom is -0.490 e. The normalized spacial score (nSPS) is 15.5. The van der Waals surface area contributed by atoms with Crippen molar-refractivity contribution in [3.63, 3.8) is 0 Å². The number of carbonyl (C=O) groups is 1. The van der Waals surface area contributed by atoms with E-state index in [2.05, 4.69) is 5.32 Å². The monoisotopic (exact) mass is 387 g/mol. The van der Waals surface area contributed by atoms with Crippen LogP contribution in [0.15, 0.2) is 42.5 Å². The van der Waals surface area contributed by atoms with Gasteiger partial charge in [0.2, 0.25) is 0 Å². The molecule has 5 nitrogen and oxygen atoms in total. The number of amides is 1. The van der Waals surface area contributed by atoms with Gasteiger partial charge in [-0.25, -0.2) is 4.39 Å². The highest BCUT2D eigenvalue weighted by Gasteiger charge is 2.24. The fourth-order valence-corrected chi connectivity index (χ4v) is 3.05. The zero-order valence-corrected chi connectivity index (χ0v) is 16.4. The van der Waals surface area contributed by atoms with Gasteiger partial charge in [-0.2, -0.15) is 0 Å². The van der Waals surface area contributed by atoms with Gasteiger partial charge in [-0.05, 0) is 54.8 Å². The molecule has 1 aliphatic heterocycles. The summed E-state index contributed by atoms with van der Waals surface area (Å²) in [5.41, 5.74) is 0.946. The second-order valence-corrected chi connectivity index (χ2v) is 7.20. The molecule has 0 spiro atoms. The Balaban J connectivity index is 1.71. The quantitative estimate of drug-likeness (QED) is 0.804. The van der Waals surface area contributed by atoms with Gasteiger partial charge in [0.25, 0.3) is 5.91 Å². The first-order valence-electron chi connectivity index (χ1n) is 9.56. The van der Waals surface area contributed by atoms with Crippen molar-refractivity contribution in [1.82, 2.24) is 5.32 Å². The number of ether oxygens (including phenoxy) is 3. The van der Waals surface area contributed by atoms with Crippen molar-refractivity contribution in [3.05, 3.63) is 53.8 Å². The van der Waals surface area contributed by atoms with Gasteiger partial charge >= 0.3 is 0 Å². The van der Waals surface area contributed by atoms with Crippen molar-refractivity contribution >= 4 is 5.91 Å². The molecule has 0 aromatic heterocycles. The zero-order chi connectivity index (χ0) is 20.1. The van der Waals surface area contributed by atoms with Crippen LogP contribution in [0.25, 0.3) is 0 Å². The molecular weight excluding hydrogens is 361 g/mol.